The van der Waals surface area contributed by atoms with Crippen molar-refractivity contribution in [1.82, 2.24) is 9.78 Å². The third kappa shape index (κ3) is 4.02. The third-order valence-corrected chi connectivity index (χ3v) is 3.93. The molecule has 0 saturated carbocycles. The van der Waals surface area contributed by atoms with Crippen LogP contribution in [0.2, 0.25) is 0 Å². The fourth-order valence-corrected chi connectivity index (χ4v) is 2.87. The summed E-state index contributed by atoms with van der Waals surface area (Å²) in [5.41, 5.74) is 2.60. The van der Waals surface area contributed by atoms with Crippen molar-refractivity contribution in [2.75, 3.05) is 0 Å². The molecule has 136 valence electrons. The molecule has 0 aliphatic carbocycles. The lowest BCUT2D eigenvalue weighted by molar-refractivity contribution is -0.155. The van der Waals surface area contributed by atoms with Gasteiger partial charge in [0.15, 0.2) is 0 Å². The second kappa shape index (κ2) is 6.78. The monoisotopic (exact) mass is 354 g/mol. The number of carbonyl (C=O) groups is 2. The molecule has 0 N–H and O–H groups in total. The number of ether oxygens (including phenoxy) is 2. The maximum absolute atomic E-state index is 12.0. The summed E-state index contributed by atoms with van der Waals surface area (Å²) in [6.45, 7) is 9.25. The maximum atomic E-state index is 12.0. The highest BCUT2D eigenvalue weighted by atomic mass is 16.6. The fourth-order valence-electron chi connectivity index (χ4n) is 2.87. The number of aromatic nitrogens is 2. The second-order valence-electron chi connectivity index (χ2n) is 7.30. The normalized spacial score (nSPS) is 17.3. The summed E-state index contributed by atoms with van der Waals surface area (Å²) in [6, 6.07) is 7.69. The Labute approximate surface area is 152 Å². The first kappa shape index (κ1) is 17.9. The SMILES string of the molecule is C=C1CC(c2ccccc2-c2cnn(CC(=O)OC(C)(C)C)c2)OC1=O. The molecule has 1 saturated heterocycles. The molecule has 1 aromatic heterocycles. The average Bonchev–Trinajstić information content (AvgIpc) is 3.13. The molecule has 6 heteroatoms. The number of hydrogen-bond donors (Lipinski definition) is 0. The van der Waals surface area contributed by atoms with E-state index < -0.39 is 5.60 Å². The lowest BCUT2D eigenvalue weighted by atomic mass is 9.96. The van der Waals surface area contributed by atoms with Gasteiger partial charge in [-0.2, -0.15) is 5.10 Å². The molecule has 1 unspecified atom stereocenters. The summed E-state index contributed by atoms with van der Waals surface area (Å²) in [7, 11) is 0. The summed E-state index contributed by atoms with van der Waals surface area (Å²) in [5.74, 6) is -0.702. The molecular weight excluding hydrogens is 332 g/mol. The summed E-state index contributed by atoms with van der Waals surface area (Å²) >= 11 is 0. The number of nitrogens with zero attached hydrogens (tertiary/aromatic N) is 2. The molecule has 0 amide bonds. The minimum Gasteiger partial charge on any atom is -0.459 e. The Bertz CT molecular complexity index is 845. The van der Waals surface area contributed by atoms with Crippen molar-refractivity contribution in [1.29, 1.82) is 0 Å². The van der Waals surface area contributed by atoms with Crippen LogP contribution in [0.4, 0.5) is 0 Å². The van der Waals surface area contributed by atoms with Crippen LogP contribution in [0.3, 0.4) is 0 Å². The Kier molecular flexibility index (Phi) is 4.68. The molecule has 6 nitrogen and oxygen atoms in total. The van der Waals surface area contributed by atoms with Crippen molar-refractivity contribution in [2.45, 2.75) is 45.4 Å². The lowest BCUT2D eigenvalue weighted by Gasteiger charge is -2.19. The minimum absolute atomic E-state index is 0.0364. The van der Waals surface area contributed by atoms with Gasteiger partial charge in [0.1, 0.15) is 18.2 Å². The van der Waals surface area contributed by atoms with E-state index in [9.17, 15) is 9.59 Å². The standard InChI is InChI=1S/C20H22N2O4/c1-13-9-17(25-19(13)24)16-8-6-5-7-15(16)14-10-21-22(11-14)12-18(23)26-20(2,3)4/h5-8,10-11,17H,1,9,12H2,2-4H3. The Morgan fingerprint density at radius 2 is 2.12 bits per heavy atom. The first-order valence-electron chi connectivity index (χ1n) is 8.45. The molecule has 0 radical (unpaired) electrons. The third-order valence-electron chi connectivity index (χ3n) is 3.93. The van der Waals surface area contributed by atoms with Gasteiger partial charge in [0.2, 0.25) is 0 Å². The van der Waals surface area contributed by atoms with Gasteiger partial charge >= 0.3 is 11.9 Å². The summed E-state index contributed by atoms with van der Waals surface area (Å²) in [6.07, 6.45) is 3.60. The highest BCUT2D eigenvalue weighted by molar-refractivity contribution is 5.90. The Hall–Kier alpha value is -2.89. The fraction of sp³-hybridized carbons (Fsp3) is 0.350. The molecule has 1 fully saturated rings. The van der Waals surface area contributed by atoms with E-state index >= 15 is 0 Å². The van der Waals surface area contributed by atoms with Gasteiger partial charge in [-0.25, -0.2) is 4.79 Å². The summed E-state index contributed by atoms with van der Waals surface area (Å²) in [5, 5.41) is 4.25. The van der Waals surface area contributed by atoms with E-state index in [0.717, 1.165) is 16.7 Å². The zero-order chi connectivity index (χ0) is 18.9. The molecule has 1 aliphatic heterocycles. The molecule has 1 aromatic carbocycles. The van der Waals surface area contributed by atoms with Crippen molar-refractivity contribution >= 4 is 11.9 Å². The number of cyclic esters (lactones) is 1. The van der Waals surface area contributed by atoms with Gasteiger partial charge in [0.05, 0.1) is 6.20 Å². The van der Waals surface area contributed by atoms with Gasteiger partial charge in [-0.1, -0.05) is 30.8 Å². The predicted octanol–water partition coefficient (Wildman–Crippen LogP) is 3.44. The number of rotatable bonds is 4. The van der Waals surface area contributed by atoms with Crippen LogP contribution in [0.5, 0.6) is 0 Å². The molecule has 2 heterocycles. The van der Waals surface area contributed by atoms with Crippen LogP contribution in [0.25, 0.3) is 11.1 Å². The van der Waals surface area contributed by atoms with E-state index in [0.29, 0.717) is 12.0 Å². The van der Waals surface area contributed by atoms with Crippen LogP contribution < -0.4 is 0 Å². The van der Waals surface area contributed by atoms with Crippen molar-refractivity contribution in [3.05, 3.63) is 54.4 Å². The summed E-state index contributed by atoms with van der Waals surface area (Å²) in [4.78, 5) is 23.6. The van der Waals surface area contributed by atoms with E-state index in [2.05, 4.69) is 11.7 Å². The molecule has 3 rings (SSSR count). The van der Waals surface area contributed by atoms with Crippen LogP contribution in [0, 0.1) is 0 Å². The van der Waals surface area contributed by atoms with Crippen molar-refractivity contribution < 1.29 is 19.1 Å². The van der Waals surface area contributed by atoms with Gasteiger partial charge in [-0.15, -0.1) is 0 Å². The van der Waals surface area contributed by atoms with Gasteiger partial charge in [-0.05, 0) is 26.3 Å². The van der Waals surface area contributed by atoms with E-state index in [4.69, 9.17) is 9.47 Å². The van der Waals surface area contributed by atoms with Crippen molar-refractivity contribution in [3.8, 4) is 11.1 Å². The lowest BCUT2D eigenvalue weighted by Crippen LogP contribution is -2.26. The van der Waals surface area contributed by atoms with E-state index in [1.807, 2.05) is 45.0 Å². The highest BCUT2D eigenvalue weighted by Gasteiger charge is 2.30. The van der Waals surface area contributed by atoms with Crippen LogP contribution >= 0.6 is 0 Å². The second-order valence-corrected chi connectivity index (χ2v) is 7.30. The Morgan fingerprint density at radius 1 is 1.38 bits per heavy atom. The minimum atomic E-state index is -0.533. The number of esters is 2. The van der Waals surface area contributed by atoms with Crippen LogP contribution in [0.1, 0.15) is 38.9 Å². The van der Waals surface area contributed by atoms with Gasteiger partial charge < -0.3 is 9.47 Å². The maximum Gasteiger partial charge on any atom is 0.334 e. The van der Waals surface area contributed by atoms with Crippen LogP contribution in [-0.2, 0) is 25.6 Å². The molecule has 1 atom stereocenters. The number of carbonyl (C=O) groups excluding carboxylic acids is 2. The molecule has 26 heavy (non-hydrogen) atoms. The van der Waals surface area contributed by atoms with Crippen molar-refractivity contribution in [2.24, 2.45) is 0 Å². The smallest absolute Gasteiger partial charge is 0.334 e. The first-order valence-corrected chi connectivity index (χ1v) is 8.45. The van der Waals surface area contributed by atoms with Gasteiger partial charge in [0, 0.05) is 29.3 Å². The van der Waals surface area contributed by atoms with E-state index in [-0.39, 0.29) is 24.6 Å². The van der Waals surface area contributed by atoms with E-state index in [1.54, 1.807) is 17.1 Å². The predicted molar refractivity (Wildman–Crippen MR) is 96.1 cm³/mol. The zero-order valence-corrected chi connectivity index (χ0v) is 15.2. The molecular formula is C20H22N2O4. The zero-order valence-electron chi connectivity index (χ0n) is 15.2. The summed E-state index contributed by atoms with van der Waals surface area (Å²) < 4.78 is 12.3. The van der Waals surface area contributed by atoms with Gasteiger partial charge in [0.25, 0.3) is 0 Å². The number of hydrogen-bond acceptors (Lipinski definition) is 5. The Morgan fingerprint density at radius 3 is 2.77 bits per heavy atom. The molecule has 2 aromatic rings. The first-order chi connectivity index (χ1) is 12.2. The highest BCUT2D eigenvalue weighted by Crippen LogP contribution is 2.37. The quantitative estimate of drug-likeness (QED) is 0.621. The Balaban J connectivity index is 1.81. The molecule has 0 bridgehead atoms. The van der Waals surface area contributed by atoms with Crippen molar-refractivity contribution in [3.63, 3.8) is 0 Å². The average molecular weight is 354 g/mol. The van der Waals surface area contributed by atoms with Gasteiger partial charge in [-0.3, -0.25) is 9.48 Å². The topological polar surface area (TPSA) is 70.4 Å². The largest absolute Gasteiger partial charge is 0.459 e. The molecule has 1 aliphatic rings. The number of benzene rings is 1. The molecule has 0 spiro atoms. The van der Waals surface area contributed by atoms with Crippen LogP contribution in [0.15, 0.2) is 48.8 Å². The van der Waals surface area contributed by atoms with E-state index in [1.165, 1.54) is 0 Å². The van der Waals surface area contributed by atoms with Crippen LogP contribution in [-0.4, -0.2) is 27.3 Å².